The minimum absolute atomic E-state index is 0.196. The summed E-state index contributed by atoms with van der Waals surface area (Å²) < 4.78 is 1.51. The highest BCUT2D eigenvalue weighted by molar-refractivity contribution is 7.99. The second-order valence-corrected chi connectivity index (χ2v) is 8.89. The third kappa shape index (κ3) is 2.89. The molecule has 2 N–H and O–H groups in total. The van der Waals surface area contributed by atoms with Gasteiger partial charge in [-0.05, 0) is 41.0 Å². The number of aromatic nitrogens is 1. The molecule has 0 saturated heterocycles. The van der Waals surface area contributed by atoms with Crippen LogP contribution >= 0.6 is 11.8 Å². The summed E-state index contributed by atoms with van der Waals surface area (Å²) in [6.45, 7) is 2.39. The number of anilines is 1. The van der Waals surface area contributed by atoms with Crippen molar-refractivity contribution in [2.45, 2.75) is 43.1 Å². The second kappa shape index (κ2) is 6.59. The van der Waals surface area contributed by atoms with Crippen molar-refractivity contribution in [1.82, 2.24) is 4.57 Å². The molecule has 0 amide bonds. The smallest absolute Gasteiger partial charge is 0.327 e. The van der Waals surface area contributed by atoms with Crippen molar-refractivity contribution < 1.29 is 9.90 Å². The van der Waals surface area contributed by atoms with E-state index in [0.29, 0.717) is 18.1 Å². The maximum Gasteiger partial charge on any atom is 0.327 e. The van der Waals surface area contributed by atoms with E-state index in [1.165, 1.54) is 33.0 Å². The molecule has 3 aliphatic rings. The van der Waals surface area contributed by atoms with Gasteiger partial charge in [-0.2, -0.15) is 0 Å². The van der Waals surface area contributed by atoms with Crippen molar-refractivity contribution in [2.24, 2.45) is 0 Å². The first-order valence-corrected chi connectivity index (χ1v) is 10.7. The quantitative estimate of drug-likeness (QED) is 0.778. The number of hydrogen-bond donors (Lipinski definition) is 2. The molecule has 0 bridgehead atoms. The number of benzene rings is 1. The monoisotopic (exact) mass is 392 g/mol. The standard InChI is InChI=1S/C21H21BN2O3S/c1-22-8-7-13-3-2-4-14(19(13)23-22)9-15-10-17(25)24-16(21(26)27)11-28-20(24)18(15)12-5-6-12/h2-4,7-8,10,12,16,23H,5-6,9,11H2,1H3,(H,26,27). The Hall–Kier alpha value is -2.41. The topological polar surface area (TPSA) is 71.3 Å². The van der Waals surface area contributed by atoms with Gasteiger partial charge in [-0.25, -0.2) is 4.79 Å². The van der Waals surface area contributed by atoms with Crippen LogP contribution in [0.25, 0.3) is 6.08 Å². The van der Waals surface area contributed by atoms with Crippen LogP contribution in [-0.4, -0.2) is 28.2 Å². The van der Waals surface area contributed by atoms with Gasteiger partial charge in [0, 0.05) is 23.9 Å². The largest absolute Gasteiger partial charge is 0.480 e. The highest BCUT2D eigenvalue weighted by Crippen LogP contribution is 2.48. The molecular formula is C21H21BN2O3S. The predicted molar refractivity (Wildman–Crippen MR) is 114 cm³/mol. The lowest BCUT2D eigenvalue weighted by molar-refractivity contribution is -0.140. The van der Waals surface area contributed by atoms with Gasteiger partial charge in [0.2, 0.25) is 0 Å². The predicted octanol–water partition coefficient (Wildman–Crippen LogP) is 3.65. The van der Waals surface area contributed by atoms with Crippen LogP contribution in [0.3, 0.4) is 0 Å². The highest BCUT2D eigenvalue weighted by atomic mass is 32.2. The molecule has 1 aromatic carbocycles. The van der Waals surface area contributed by atoms with Crippen LogP contribution in [0.15, 0.2) is 40.1 Å². The summed E-state index contributed by atoms with van der Waals surface area (Å²) in [6, 6.07) is 7.20. The lowest BCUT2D eigenvalue weighted by Gasteiger charge is -2.22. The number of aliphatic carboxylic acids is 1. The lowest BCUT2D eigenvalue weighted by atomic mass is 9.62. The number of hydrogen-bond acceptors (Lipinski definition) is 4. The van der Waals surface area contributed by atoms with Gasteiger partial charge in [0.05, 0.1) is 5.03 Å². The van der Waals surface area contributed by atoms with Gasteiger partial charge in [-0.3, -0.25) is 9.36 Å². The van der Waals surface area contributed by atoms with Crippen molar-refractivity contribution in [2.75, 3.05) is 11.0 Å². The molecule has 2 aromatic rings. The second-order valence-electron chi connectivity index (χ2n) is 7.89. The van der Waals surface area contributed by atoms with Crippen LogP contribution in [-0.2, 0) is 11.2 Å². The molecule has 1 atom stereocenters. The Bertz CT molecular complexity index is 1070. The lowest BCUT2D eigenvalue weighted by Crippen LogP contribution is -2.29. The summed E-state index contributed by atoms with van der Waals surface area (Å²) in [5, 5.41) is 13.9. The fraction of sp³-hybridized carbons (Fsp3) is 0.333. The van der Waals surface area contributed by atoms with Crippen LogP contribution in [0, 0.1) is 0 Å². The van der Waals surface area contributed by atoms with E-state index in [4.69, 9.17) is 0 Å². The summed E-state index contributed by atoms with van der Waals surface area (Å²) in [6.07, 6.45) is 5.06. The van der Waals surface area contributed by atoms with Crippen molar-refractivity contribution in [3.63, 3.8) is 0 Å². The van der Waals surface area contributed by atoms with E-state index in [1.807, 2.05) is 0 Å². The zero-order chi connectivity index (χ0) is 19.4. The minimum Gasteiger partial charge on any atom is -0.480 e. The Morgan fingerprint density at radius 2 is 2.18 bits per heavy atom. The molecule has 7 heteroatoms. The Kier molecular flexibility index (Phi) is 4.16. The third-order valence-electron chi connectivity index (χ3n) is 5.79. The van der Waals surface area contributed by atoms with Crippen LogP contribution in [0.1, 0.15) is 47.1 Å². The van der Waals surface area contributed by atoms with Crippen molar-refractivity contribution in [3.8, 4) is 0 Å². The molecule has 5 rings (SSSR count). The van der Waals surface area contributed by atoms with Gasteiger partial charge in [0.15, 0.2) is 0 Å². The number of pyridine rings is 1. The summed E-state index contributed by atoms with van der Waals surface area (Å²) in [4.78, 5) is 24.4. The molecule has 3 heterocycles. The summed E-state index contributed by atoms with van der Waals surface area (Å²) in [5.41, 5.74) is 5.54. The number of carboxylic acids is 1. The number of nitrogens with zero attached hydrogens (tertiary/aromatic N) is 1. The number of para-hydroxylation sites is 1. The molecule has 142 valence electrons. The number of carbonyl (C=O) groups is 1. The molecule has 1 saturated carbocycles. The van der Waals surface area contributed by atoms with E-state index < -0.39 is 12.0 Å². The van der Waals surface area contributed by atoms with Gasteiger partial charge in [0.1, 0.15) is 6.04 Å². The molecule has 5 nitrogen and oxygen atoms in total. The SMILES string of the molecule is CB1C=Cc2cccc(Cc3cc(=O)n4c(c3C3CC3)SCC4C(=O)O)c2N1. The number of rotatable bonds is 4. The molecule has 1 fully saturated rings. The molecule has 1 aliphatic carbocycles. The number of thioether (sulfide) groups is 1. The van der Waals surface area contributed by atoms with E-state index in [-0.39, 0.29) is 12.4 Å². The van der Waals surface area contributed by atoms with E-state index >= 15 is 0 Å². The molecule has 0 spiro atoms. The van der Waals surface area contributed by atoms with Gasteiger partial charge in [-0.15, -0.1) is 11.8 Å². The van der Waals surface area contributed by atoms with Crippen LogP contribution in [0.2, 0.25) is 6.82 Å². The van der Waals surface area contributed by atoms with Crippen LogP contribution in [0.5, 0.6) is 0 Å². The van der Waals surface area contributed by atoms with Crippen LogP contribution in [0.4, 0.5) is 5.69 Å². The first-order valence-electron chi connectivity index (χ1n) is 9.73. The number of fused-ring (bicyclic) bond motifs is 2. The van der Waals surface area contributed by atoms with Crippen molar-refractivity contribution in [3.05, 3.63) is 62.8 Å². The average molecular weight is 392 g/mol. The maximum absolute atomic E-state index is 12.8. The van der Waals surface area contributed by atoms with E-state index in [0.717, 1.165) is 29.1 Å². The first-order chi connectivity index (χ1) is 13.5. The van der Waals surface area contributed by atoms with Crippen molar-refractivity contribution in [1.29, 1.82) is 0 Å². The van der Waals surface area contributed by atoms with Gasteiger partial charge in [0.25, 0.3) is 12.4 Å². The van der Waals surface area contributed by atoms with E-state index in [9.17, 15) is 14.7 Å². The third-order valence-corrected chi connectivity index (χ3v) is 6.96. The van der Waals surface area contributed by atoms with Crippen LogP contribution < -0.4 is 10.8 Å². The summed E-state index contributed by atoms with van der Waals surface area (Å²) in [7, 11) is 0. The molecule has 1 unspecified atom stereocenters. The van der Waals surface area contributed by atoms with Gasteiger partial charge >= 0.3 is 5.97 Å². The Labute approximate surface area is 167 Å². The molecule has 1 aromatic heterocycles. The highest BCUT2D eigenvalue weighted by Gasteiger charge is 2.37. The fourth-order valence-corrected chi connectivity index (χ4v) is 5.70. The zero-order valence-corrected chi connectivity index (χ0v) is 16.5. The Morgan fingerprint density at radius 3 is 2.93 bits per heavy atom. The molecule has 2 aliphatic heterocycles. The van der Waals surface area contributed by atoms with Crippen molar-refractivity contribution >= 4 is 36.3 Å². The van der Waals surface area contributed by atoms with E-state index in [1.54, 1.807) is 6.07 Å². The van der Waals surface area contributed by atoms with Gasteiger partial charge < -0.3 is 10.3 Å². The Morgan fingerprint density at radius 1 is 1.36 bits per heavy atom. The summed E-state index contributed by atoms with van der Waals surface area (Å²) >= 11 is 1.52. The maximum atomic E-state index is 12.8. The first kappa shape index (κ1) is 17.7. The molecular weight excluding hydrogens is 371 g/mol. The minimum atomic E-state index is -0.926. The Balaban J connectivity index is 1.61. The molecule has 28 heavy (non-hydrogen) atoms. The number of carboxylic acid groups (broad SMARTS) is 1. The zero-order valence-electron chi connectivity index (χ0n) is 15.6. The normalized spacial score (nSPS) is 19.9. The number of nitrogens with one attached hydrogen (secondary N) is 1. The van der Waals surface area contributed by atoms with Gasteiger partial charge in [-0.1, -0.05) is 37.1 Å². The molecule has 0 radical (unpaired) electrons. The summed E-state index contributed by atoms with van der Waals surface area (Å²) in [5.74, 6) is 2.10. The van der Waals surface area contributed by atoms with E-state index in [2.05, 4.69) is 42.3 Å². The average Bonchev–Trinajstić information content (AvgIpc) is 3.39. The fourth-order valence-electron chi connectivity index (χ4n) is 4.29.